The molecule has 0 aliphatic carbocycles. The zero-order chi connectivity index (χ0) is 17.1. The third kappa shape index (κ3) is 5.27. The van der Waals surface area contributed by atoms with Gasteiger partial charge in [-0.15, -0.1) is 11.3 Å². The summed E-state index contributed by atoms with van der Waals surface area (Å²) in [5.41, 5.74) is 2.92. The Morgan fingerprint density at radius 3 is 2.27 bits per heavy atom. The molecule has 0 fully saturated rings. The molecule has 0 aliphatic heterocycles. The van der Waals surface area contributed by atoms with Crippen LogP contribution in [0.4, 0.5) is 0 Å². The molecule has 120 valence electrons. The molecule has 0 unspecified atom stereocenters. The van der Waals surface area contributed by atoms with E-state index in [-0.39, 0.29) is 0 Å². The maximum atomic E-state index is 8.94. The molecule has 0 atom stereocenters. The Morgan fingerprint density at radius 2 is 1.82 bits per heavy atom. The van der Waals surface area contributed by atoms with Crippen molar-refractivity contribution in [2.75, 3.05) is 0 Å². The number of hydrogen-bond acceptors (Lipinski definition) is 3. The molecule has 1 aromatic heterocycles. The van der Waals surface area contributed by atoms with E-state index in [0.717, 1.165) is 17.0 Å². The highest BCUT2D eigenvalue weighted by Gasteiger charge is 2.13. The fourth-order valence-electron chi connectivity index (χ4n) is 1.91. The van der Waals surface area contributed by atoms with E-state index < -0.39 is 0 Å². The average molecular weight is 317 g/mol. The van der Waals surface area contributed by atoms with Gasteiger partial charge in [-0.1, -0.05) is 60.6 Å². The van der Waals surface area contributed by atoms with Crippen LogP contribution >= 0.6 is 11.3 Å². The van der Waals surface area contributed by atoms with Crippen LogP contribution in [-0.4, -0.2) is 4.98 Å². The molecular formula is C19H28N2S. The lowest BCUT2D eigenvalue weighted by Crippen LogP contribution is -1.90. The summed E-state index contributed by atoms with van der Waals surface area (Å²) in [4.78, 5) is 6.06. The molecule has 0 spiro atoms. The number of rotatable bonds is 3. The van der Waals surface area contributed by atoms with Crippen LogP contribution in [0, 0.1) is 11.3 Å². The van der Waals surface area contributed by atoms with Crippen molar-refractivity contribution < 1.29 is 0 Å². The van der Waals surface area contributed by atoms with Gasteiger partial charge in [-0.3, -0.25) is 0 Å². The summed E-state index contributed by atoms with van der Waals surface area (Å²) < 4.78 is 0. The molecule has 0 saturated carbocycles. The second kappa shape index (κ2) is 11.0. The van der Waals surface area contributed by atoms with E-state index in [1.54, 1.807) is 11.3 Å². The summed E-state index contributed by atoms with van der Waals surface area (Å²) in [6.07, 6.45) is 0.960. The molecular weight excluding hydrogens is 288 g/mol. The van der Waals surface area contributed by atoms with Crippen molar-refractivity contribution >= 4 is 11.3 Å². The minimum Gasteiger partial charge on any atom is -0.241 e. The topological polar surface area (TPSA) is 36.7 Å². The van der Waals surface area contributed by atoms with Gasteiger partial charge in [0.1, 0.15) is 5.01 Å². The third-order valence-electron chi connectivity index (χ3n) is 2.83. The van der Waals surface area contributed by atoms with Crippen molar-refractivity contribution in [2.24, 2.45) is 0 Å². The number of hydrogen-bond donors (Lipinski definition) is 0. The van der Waals surface area contributed by atoms with Gasteiger partial charge in [0.25, 0.3) is 0 Å². The first-order valence-corrected chi connectivity index (χ1v) is 8.97. The van der Waals surface area contributed by atoms with Crippen molar-refractivity contribution in [1.82, 2.24) is 4.98 Å². The van der Waals surface area contributed by atoms with E-state index >= 15 is 0 Å². The van der Waals surface area contributed by atoms with E-state index in [9.17, 15) is 0 Å². The first-order valence-electron chi connectivity index (χ1n) is 8.15. The molecule has 2 rings (SSSR count). The van der Waals surface area contributed by atoms with Crippen molar-refractivity contribution in [3.63, 3.8) is 0 Å². The smallest absolute Gasteiger partial charge is 0.123 e. The van der Waals surface area contributed by atoms with Crippen LogP contribution < -0.4 is 0 Å². The maximum Gasteiger partial charge on any atom is 0.123 e. The molecule has 0 bridgehead atoms. The Bertz CT molecular complexity index is 592. The number of benzene rings is 1. The van der Waals surface area contributed by atoms with E-state index in [4.69, 9.17) is 10.2 Å². The zero-order valence-electron chi connectivity index (χ0n) is 14.9. The molecule has 0 aliphatic rings. The van der Waals surface area contributed by atoms with Gasteiger partial charge in [0.2, 0.25) is 0 Å². The van der Waals surface area contributed by atoms with Crippen LogP contribution in [0.25, 0.3) is 10.6 Å². The van der Waals surface area contributed by atoms with Crippen molar-refractivity contribution in [3.05, 3.63) is 40.4 Å². The molecule has 0 saturated heterocycles. The van der Waals surface area contributed by atoms with Gasteiger partial charge < -0.3 is 0 Å². The number of nitrogens with zero attached hydrogens (tertiary/aromatic N) is 2. The van der Waals surface area contributed by atoms with Crippen LogP contribution in [0.5, 0.6) is 0 Å². The molecule has 0 N–H and O–H groups in total. The third-order valence-corrected chi connectivity index (χ3v) is 4.27. The normalized spacial score (nSPS) is 9.23. The Labute approximate surface area is 139 Å². The molecule has 2 nitrogen and oxygen atoms in total. The summed E-state index contributed by atoms with van der Waals surface area (Å²) in [6, 6.07) is 9.83. The number of nitriles is 1. The van der Waals surface area contributed by atoms with Crippen LogP contribution in [-0.2, 0) is 6.42 Å². The van der Waals surface area contributed by atoms with E-state index in [1.165, 1.54) is 10.6 Å². The molecule has 0 amide bonds. The fourth-order valence-corrected chi connectivity index (χ4v) is 3.07. The Balaban J connectivity index is 0.00000102. The Morgan fingerprint density at radius 1 is 1.18 bits per heavy atom. The highest BCUT2D eigenvalue weighted by Crippen LogP contribution is 2.33. The standard InChI is InChI=1S/C15H16N2S.2C2H6/c1-4-13-14(10(2)3)18-15(17-13)12-7-5-6-11(8-12)9-16;2*1-2/h5-8,10H,4H2,1-3H3;2*1-2H3. The lowest BCUT2D eigenvalue weighted by atomic mass is 10.1. The first kappa shape index (κ1) is 20.3. The monoisotopic (exact) mass is 316 g/mol. The highest BCUT2D eigenvalue weighted by molar-refractivity contribution is 7.15. The van der Waals surface area contributed by atoms with Crippen LogP contribution in [0.1, 0.15) is 70.5 Å². The van der Waals surface area contributed by atoms with Crippen LogP contribution in [0.15, 0.2) is 24.3 Å². The van der Waals surface area contributed by atoms with E-state index in [0.29, 0.717) is 11.5 Å². The molecule has 3 heteroatoms. The number of aryl methyl sites for hydroxylation is 1. The van der Waals surface area contributed by atoms with Crippen molar-refractivity contribution in [2.45, 2.75) is 60.8 Å². The first-order chi connectivity index (χ1) is 10.7. The minimum atomic E-state index is 0.505. The van der Waals surface area contributed by atoms with Gasteiger partial charge in [-0.25, -0.2) is 4.98 Å². The lowest BCUT2D eigenvalue weighted by Gasteiger charge is -2.01. The van der Waals surface area contributed by atoms with Gasteiger partial charge in [-0.2, -0.15) is 5.26 Å². The Hall–Kier alpha value is -1.66. The summed E-state index contributed by atoms with van der Waals surface area (Å²) in [6.45, 7) is 14.5. The quantitative estimate of drug-likeness (QED) is 0.655. The van der Waals surface area contributed by atoms with Gasteiger partial charge in [0.05, 0.1) is 17.3 Å². The van der Waals surface area contributed by atoms with E-state index in [2.05, 4.69) is 26.8 Å². The van der Waals surface area contributed by atoms with Crippen molar-refractivity contribution in [3.8, 4) is 16.6 Å². The second-order valence-electron chi connectivity index (χ2n) is 4.53. The maximum absolute atomic E-state index is 8.94. The molecule has 22 heavy (non-hydrogen) atoms. The number of thiazole rings is 1. The summed E-state index contributed by atoms with van der Waals surface area (Å²) in [7, 11) is 0. The van der Waals surface area contributed by atoms with Gasteiger partial charge >= 0.3 is 0 Å². The molecule has 1 heterocycles. The predicted molar refractivity (Wildman–Crippen MR) is 98.4 cm³/mol. The average Bonchev–Trinajstić information content (AvgIpc) is 3.03. The zero-order valence-corrected chi connectivity index (χ0v) is 15.7. The van der Waals surface area contributed by atoms with Gasteiger partial charge in [0.15, 0.2) is 0 Å². The summed E-state index contributed by atoms with van der Waals surface area (Å²) >= 11 is 1.74. The van der Waals surface area contributed by atoms with Crippen molar-refractivity contribution in [1.29, 1.82) is 5.26 Å². The second-order valence-corrected chi connectivity index (χ2v) is 5.56. The Kier molecular flexibility index (Phi) is 10.2. The van der Waals surface area contributed by atoms with Gasteiger partial charge in [-0.05, 0) is 24.5 Å². The SMILES string of the molecule is CC.CC.CCc1nc(-c2cccc(C#N)c2)sc1C(C)C. The van der Waals surface area contributed by atoms with Crippen LogP contribution in [0.2, 0.25) is 0 Å². The summed E-state index contributed by atoms with van der Waals surface area (Å²) in [5, 5.41) is 9.96. The van der Waals surface area contributed by atoms with Crippen LogP contribution in [0.3, 0.4) is 0 Å². The fraction of sp³-hybridized carbons (Fsp3) is 0.474. The van der Waals surface area contributed by atoms with Gasteiger partial charge in [0, 0.05) is 10.4 Å². The van der Waals surface area contributed by atoms with E-state index in [1.807, 2.05) is 52.0 Å². The highest BCUT2D eigenvalue weighted by atomic mass is 32.1. The lowest BCUT2D eigenvalue weighted by molar-refractivity contribution is 0.856. The molecule has 1 aromatic carbocycles. The largest absolute Gasteiger partial charge is 0.241 e. The predicted octanol–water partition coefficient (Wildman–Crippen LogP) is 6.42. The molecule has 0 radical (unpaired) electrons. The minimum absolute atomic E-state index is 0.505. The summed E-state index contributed by atoms with van der Waals surface area (Å²) in [5.74, 6) is 0.505. The molecule has 2 aromatic rings. The number of aromatic nitrogens is 1.